The SMILES string of the molecule is CNC(=O)[C@@H]1[C@H](C(=O)O)[C@H]2CCC(=O)N2[C@@H]1c1ccc(OC)c(OC)c1. The van der Waals surface area contributed by atoms with Gasteiger partial charge in [-0.2, -0.15) is 0 Å². The van der Waals surface area contributed by atoms with Crippen LogP contribution in [0.5, 0.6) is 11.5 Å². The molecule has 0 aliphatic carbocycles. The maximum absolute atomic E-state index is 12.6. The molecule has 8 nitrogen and oxygen atoms in total. The van der Waals surface area contributed by atoms with E-state index in [-0.39, 0.29) is 11.8 Å². The van der Waals surface area contributed by atoms with Crippen LogP contribution in [0.3, 0.4) is 0 Å². The molecule has 26 heavy (non-hydrogen) atoms. The molecular formula is C18H22N2O6. The van der Waals surface area contributed by atoms with Gasteiger partial charge in [-0.05, 0) is 24.1 Å². The number of hydrogen-bond donors (Lipinski definition) is 2. The number of methoxy groups -OCH3 is 2. The van der Waals surface area contributed by atoms with E-state index < -0.39 is 29.9 Å². The van der Waals surface area contributed by atoms with E-state index in [1.807, 2.05) is 0 Å². The summed E-state index contributed by atoms with van der Waals surface area (Å²) in [5, 5.41) is 12.3. The third-order valence-corrected chi connectivity index (χ3v) is 5.32. The lowest BCUT2D eigenvalue weighted by Gasteiger charge is -2.27. The van der Waals surface area contributed by atoms with E-state index in [1.165, 1.54) is 21.3 Å². The molecule has 0 bridgehead atoms. The van der Waals surface area contributed by atoms with Crippen LogP contribution in [-0.4, -0.2) is 55.1 Å². The highest BCUT2D eigenvalue weighted by Gasteiger charge is 2.59. The number of aliphatic carboxylic acids is 1. The number of fused-ring (bicyclic) bond motifs is 1. The zero-order chi connectivity index (χ0) is 19.0. The average molecular weight is 362 g/mol. The molecule has 2 N–H and O–H groups in total. The number of rotatable bonds is 5. The van der Waals surface area contributed by atoms with Crippen LogP contribution in [-0.2, 0) is 14.4 Å². The van der Waals surface area contributed by atoms with Crippen LogP contribution in [0.25, 0.3) is 0 Å². The van der Waals surface area contributed by atoms with Gasteiger partial charge in [0, 0.05) is 19.5 Å². The van der Waals surface area contributed by atoms with Crippen molar-refractivity contribution in [1.29, 1.82) is 0 Å². The van der Waals surface area contributed by atoms with Crippen LogP contribution in [0.2, 0.25) is 0 Å². The maximum atomic E-state index is 12.6. The van der Waals surface area contributed by atoms with Crippen molar-refractivity contribution in [2.75, 3.05) is 21.3 Å². The Morgan fingerprint density at radius 1 is 1.19 bits per heavy atom. The number of nitrogens with zero attached hydrogens (tertiary/aromatic N) is 1. The average Bonchev–Trinajstić information content (AvgIpc) is 3.18. The molecule has 2 saturated heterocycles. The summed E-state index contributed by atoms with van der Waals surface area (Å²) in [6, 6.07) is 4.00. The van der Waals surface area contributed by atoms with Crippen molar-refractivity contribution in [2.24, 2.45) is 11.8 Å². The van der Waals surface area contributed by atoms with E-state index in [1.54, 1.807) is 23.1 Å². The van der Waals surface area contributed by atoms with E-state index >= 15 is 0 Å². The summed E-state index contributed by atoms with van der Waals surface area (Å²) in [6.45, 7) is 0. The fraction of sp³-hybridized carbons (Fsp3) is 0.500. The van der Waals surface area contributed by atoms with Crippen molar-refractivity contribution < 1.29 is 29.0 Å². The summed E-state index contributed by atoms with van der Waals surface area (Å²) in [5.74, 6) is -2.42. The first-order valence-electron chi connectivity index (χ1n) is 8.42. The highest BCUT2D eigenvalue weighted by Crippen LogP contribution is 2.50. The molecule has 0 spiro atoms. The molecule has 2 heterocycles. The first-order chi connectivity index (χ1) is 12.4. The predicted octanol–water partition coefficient (Wildman–Crippen LogP) is 0.813. The van der Waals surface area contributed by atoms with Crippen molar-refractivity contribution in [1.82, 2.24) is 10.2 Å². The zero-order valence-electron chi connectivity index (χ0n) is 14.9. The molecule has 140 valence electrons. The van der Waals surface area contributed by atoms with Gasteiger partial charge < -0.3 is 24.8 Å². The molecule has 8 heteroatoms. The van der Waals surface area contributed by atoms with E-state index in [2.05, 4.69) is 5.32 Å². The molecule has 0 unspecified atom stereocenters. The fourth-order valence-electron chi connectivity index (χ4n) is 4.24. The highest BCUT2D eigenvalue weighted by atomic mass is 16.5. The van der Waals surface area contributed by atoms with Crippen LogP contribution < -0.4 is 14.8 Å². The molecule has 2 aliphatic rings. The van der Waals surface area contributed by atoms with Crippen molar-refractivity contribution in [3.63, 3.8) is 0 Å². The van der Waals surface area contributed by atoms with E-state index in [9.17, 15) is 19.5 Å². The fourth-order valence-corrected chi connectivity index (χ4v) is 4.24. The monoisotopic (exact) mass is 362 g/mol. The lowest BCUT2D eigenvalue weighted by molar-refractivity contribution is -0.146. The smallest absolute Gasteiger partial charge is 0.309 e. The lowest BCUT2D eigenvalue weighted by Crippen LogP contribution is -2.38. The van der Waals surface area contributed by atoms with Gasteiger partial charge in [0.15, 0.2) is 11.5 Å². The van der Waals surface area contributed by atoms with Gasteiger partial charge in [-0.25, -0.2) is 0 Å². The lowest BCUT2D eigenvalue weighted by atomic mass is 9.82. The third kappa shape index (κ3) is 2.65. The van der Waals surface area contributed by atoms with Gasteiger partial charge >= 0.3 is 5.97 Å². The molecular weight excluding hydrogens is 340 g/mol. The van der Waals surface area contributed by atoms with E-state index in [0.717, 1.165) is 0 Å². The molecule has 2 aliphatic heterocycles. The largest absolute Gasteiger partial charge is 0.493 e. The number of carboxylic acid groups (broad SMARTS) is 1. The van der Waals surface area contributed by atoms with Gasteiger partial charge in [0.05, 0.1) is 32.1 Å². The second-order valence-corrected chi connectivity index (χ2v) is 6.47. The van der Waals surface area contributed by atoms with Crippen LogP contribution in [0, 0.1) is 11.8 Å². The number of ether oxygens (including phenoxy) is 2. The Morgan fingerprint density at radius 3 is 2.46 bits per heavy atom. The number of carboxylic acids is 1. The van der Waals surface area contributed by atoms with Gasteiger partial charge in [0.25, 0.3) is 0 Å². The maximum Gasteiger partial charge on any atom is 0.309 e. The second-order valence-electron chi connectivity index (χ2n) is 6.47. The molecule has 0 aromatic heterocycles. The summed E-state index contributed by atoms with van der Waals surface area (Å²) in [5.41, 5.74) is 0.653. The summed E-state index contributed by atoms with van der Waals surface area (Å²) < 4.78 is 10.6. The Morgan fingerprint density at radius 2 is 1.88 bits per heavy atom. The number of carbonyl (C=O) groups excluding carboxylic acids is 2. The number of nitrogens with one attached hydrogen (secondary N) is 1. The standard InChI is InChI=1S/C18H22N2O6/c1-19-17(22)15-14(18(23)24)10-5-7-13(21)20(10)16(15)9-4-6-11(25-2)12(8-9)26-3/h4,6,8,10,14-16H,5,7H2,1-3H3,(H,19,22)(H,23,24)/t10-,14-,15-,16-/m1/s1. The minimum absolute atomic E-state index is 0.132. The molecule has 2 amide bonds. The van der Waals surface area contributed by atoms with Crippen molar-refractivity contribution in [3.05, 3.63) is 23.8 Å². The normalized spacial score (nSPS) is 27.2. The highest BCUT2D eigenvalue weighted by molar-refractivity contribution is 5.90. The predicted molar refractivity (Wildman–Crippen MR) is 90.8 cm³/mol. The minimum atomic E-state index is -1.06. The van der Waals surface area contributed by atoms with Gasteiger partial charge in [-0.3, -0.25) is 14.4 Å². The zero-order valence-corrected chi connectivity index (χ0v) is 14.9. The number of benzene rings is 1. The van der Waals surface area contributed by atoms with Crippen LogP contribution >= 0.6 is 0 Å². The number of amides is 2. The summed E-state index contributed by atoms with van der Waals surface area (Å²) >= 11 is 0. The van der Waals surface area contributed by atoms with Gasteiger partial charge in [-0.15, -0.1) is 0 Å². The van der Waals surface area contributed by atoms with E-state index in [0.29, 0.717) is 29.9 Å². The first-order valence-corrected chi connectivity index (χ1v) is 8.42. The van der Waals surface area contributed by atoms with Crippen molar-refractivity contribution in [2.45, 2.75) is 24.9 Å². The molecule has 4 atom stereocenters. The van der Waals surface area contributed by atoms with Crippen LogP contribution in [0.1, 0.15) is 24.4 Å². The van der Waals surface area contributed by atoms with Gasteiger partial charge in [0.1, 0.15) is 0 Å². The number of hydrogen-bond acceptors (Lipinski definition) is 5. The Labute approximate surface area is 151 Å². The van der Waals surface area contributed by atoms with Crippen molar-refractivity contribution in [3.8, 4) is 11.5 Å². The first kappa shape index (κ1) is 18.0. The summed E-state index contributed by atoms with van der Waals surface area (Å²) in [7, 11) is 4.48. The summed E-state index contributed by atoms with van der Waals surface area (Å²) in [4.78, 5) is 38.5. The topological polar surface area (TPSA) is 105 Å². The Hall–Kier alpha value is -2.77. The summed E-state index contributed by atoms with van der Waals surface area (Å²) in [6.07, 6.45) is 0.728. The quantitative estimate of drug-likeness (QED) is 0.803. The van der Waals surface area contributed by atoms with Crippen molar-refractivity contribution >= 4 is 17.8 Å². The van der Waals surface area contributed by atoms with Gasteiger partial charge in [0.2, 0.25) is 11.8 Å². The van der Waals surface area contributed by atoms with Crippen LogP contribution in [0.4, 0.5) is 0 Å². The Kier molecular flexibility index (Phi) is 4.76. The minimum Gasteiger partial charge on any atom is -0.493 e. The molecule has 2 fully saturated rings. The number of carbonyl (C=O) groups is 3. The molecule has 0 saturated carbocycles. The van der Waals surface area contributed by atoms with Crippen LogP contribution in [0.15, 0.2) is 18.2 Å². The van der Waals surface area contributed by atoms with E-state index in [4.69, 9.17) is 9.47 Å². The molecule has 1 aromatic rings. The molecule has 3 rings (SSSR count). The van der Waals surface area contributed by atoms with Gasteiger partial charge in [-0.1, -0.05) is 6.07 Å². The Bertz CT molecular complexity index is 749. The molecule has 1 aromatic carbocycles. The second kappa shape index (κ2) is 6.86. The Balaban J connectivity index is 2.13. The molecule has 0 radical (unpaired) electrons. The third-order valence-electron chi connectivity index (χ3n) is 5.32.